The number of aliphatic imine (C=N–C) groups is 1. The van der Waals surface area contributed by atoms with Gasteiger partial charge in [-0.3, -0.25) is 19.9 Å². The fourth-order valence-electron chi connectivity index (χ4n) is 4.05. The molecule has 3 rings (SSSR count). The molecule has 0 radical (unpaired) electrons. The number of likely N-dealkylation sites (tertiary alicyclic amines) is 1. The molecule has 0 spiro atoms. The maximum absolute atomic E-state index is 12.6. The Morgan fingerprint density at radius 2 is 1.69 bits per heavy atom. The van der Waals surface area contributed by atoms with Crippen LogP contribution in [0.4, 0.5) is 0 Å². The van der Waals surface area contributed by atoms with Gasteiger partial charge in [0.15, 0.2) is 0 Å². The van der Waals surface area contributed by atoms with Crippen LogP contribution in [0.15, 0.2) is 65.7 Å². The van der Waals surface area contributed by atoms with Gasteiger partial charge in [-0.25, -0.2) is 0 Å². The summed E-state index contributed by atoms with van der Waals surface area (Å²) in [6.45, 7) is 7.79. The molecule has 2 unspecified atom stereocenters. The summed E-state index contributed by atoms with van der Waals surface area (Å²) >= 11 is 0. The topological polar surface area (TPSA) is 121 Å². The average Bonchev–Trinajstić information content (AvgIpc) is 3.22. The van der Waals surface area contributed by atoms with Crippen LogP contribution in [0, 0.1) is 17.2 Å². The summed E-state index contributed by atoms with van der Waals surface area (Å²) in [6.07, 6.45) is 0. The average molecular weight is 478 g/mol. The number of ether oxygens (including phenoxy) is 1. The number of amides is 2. The highest BCUT2D eigenvalue weighted by Gasteiger charge is 2.33. The first-order valence-corrected chi connectivity index (χ1v) is 11.8. The molecule has 8 nitrogen and oxygen atoms in total. The number of benzene rings is 2. The molecule has 2 aromatic carbocycles. The van der Waals surface area contributed by atoms with Gasteiger partial charge in [0.25, 0.3) is 11.8 Å². The predicted molar refractivity (Wildman–Crippen MR) is 137 cm³/mol. The molecule has 1 saturated heterocycles. The van der Waals surface area contributed by atoms with Gasteiger partial charge in [-0.15, -0.1) is 0 Å². The number of amidine groups is 1. The van der Waals surface area contributed by atoms with E-state index in [-0.39, 0.29) is 36.5 Å². The lowest BCUT2D eigenvalue weighted by molar-refractivity contribution is -0.143. The van der Waals surface area contributed by atoms with Crippen molar-refractivity contribution in [2.75, 3.05) is 19.6 Å². The van der Waals surface area contributed by atoms with Gasteiger partial charge >= 0.3 is 0 Å². The summed E-state index contributed by atoms with van der Waals surface area (Å²) in [7, 11) is 0. The van der Waals surface area contributed by atoms with Crippen LogP contribution in [0.5, 0.6) is 0 Å². The van der Waals surface area contributed by atoms with E-state index in [1.807, 2.05) is 48.5 Å². The first-order valence-electron chi connectivity index (χ1n) is 11.8. The summed E-state index contributed by atoms with van der Waals surface area (Å²) in [4.78, 5) is 31.3. The summed E-state index contributed by atoms with van der Waals surface area (Å²) in [5.74, 6) is -0.730. The SMILES string of the molecule is CC1CN(Cc2ccccc2)CC1C(N)=NC(=O)C(=N)CNC(=O)C(C)(C)OCc1ccccc1. The van der Waals surface area contributed by atoms with Crippen LogP contribution in [0.3, 0.4) is 0 Å². The number of nitrogens with zero attached hydrogens (tertiary/aromatic N) is 2. The molecule has 2 amide bonds. The fraction of sp³-hybridized carbons (Fsp3) is 0.407. The zero-order chi connectivity index (χ0) is 25.4. The first-order chi connectivity index (χ1) is 16.7. The molecule has 0 bridgehead atoms. The van der Waals surface area contributed by atoms with E-state index in [0.29, 0.717) is 6.54 Å². The zero-order valence-corrected chi connectivity index (χ0v) is 20.7. The highest BCUT2D eigenvalue weighted by atomic mass is 16.5. The highest BCUT2D eigenvalue weighted by molar-refractivity contribution is 6.40. The first kappa shape index (κ1) is 26.2. The molecule has 2 atom stereocenters. The molecule has 4 N–H and O–H groups in total. The second kappa shape index (κ2) is 11.9. The molecule has 2 aromatic rings. The van der Waals surface area contributed by atoms with Crippen LogP contribution in [-0.2, 0) is 27.5 Å². The molecular weight excluding hydrogens is 442 g/mol. The van der Waals surface area contributed by atoms with Gasteiger partial charge in [0.2, 0.25) is 0 Å². The van der Waals surface area contributed by atoms with E-state index < -0.39 is 17.4 Å². The van der Waals surface area contributed by atoms with E-state index in [2.05, 4.69) is 34.3 Å². The van der Waals surface area contributed by atoms with Gasteiger partial charge < -0.3 is 15.8 Å². The van der Waals surface area contributed by atoms with Crippen molar-refractivity contribution in [3.63, 3.8) is 0 Å². The number of carbonyl (C=O) groups is 2. The molecule has 186 valence electrons. The second-order valence-electron chi connectivity index (χ2n) is 9.55. The number of hydrogen-bond acceptors (Lipinski definition) is 5. The summed E-state index contributed by atoms with van der Waals surface area (Å²) in [6, 6.07) is 19.7. The van der Waals surface area contributed by atoms with Crippen molar-refractivity contribution < 1.29 is 14.3 Å². The van der Waals surface area contributed by atoms with Crippen LogP contribution in [0.1, 0.15) is 31.9 Å². The second-order valence-corrected chi connectivity index (χ2v) is 9.55. The third-order valence-electron chi connectivity index (χ3n) is 6.22. The molecular formula is C27H35N5O3. The van der Waals surface area contributed by atoms with Crippen molar-refractivity contribution in [3.05, 3.63) is 71.8 Å². The number of carbonyl (C=O) groups excluding carboxylic acids is 2. The molecule has 1 heterocycles. The lowest BCUT2D eigenvalue weighted by Gasteiger charge is -2.24. The number of nitrogens with one attached hydrogen (secondary N) is 2. The van der Waals surface area contributed by atoms with E-state index in [1.54, 1.807) is 13.8 Å². The van der Waals surface area contributed by atoms with Crippen molar-refractivity contribution in [1.82, 2.24) is 10.2 Å². The molecule has 1 aliphatic heterocycles. The van der Waals surface area contributed by atoms with Gasteiger partial charge in [-0.05, 0) is 30.9 Å². The maximum atomic E-state index is 12.6. The molecule has 8 heteroatoms. The Labute approximate surface area is 207 Å². The third kappa shape index (κ3) is 7.56. The lowest BCUT2D eigenvalue weighted by atomic mass is 9.97. The Morgan fingerprint density at radius 3 is 2.31 bits per heavy atom. The lowest BCUT2D eigenvalue weighted by Crippen LogP contribution is -2.46. The molecule has 0 aromatic heterocycles. The molecule has 35 heavy (non-hydrogen) atoms. The number of rotatable bonds is 10. The van der Waals surface area contributed by atoms with E-state index in [4.69, 9.17) is 15.9 Å². The van der Waals surface area contributed by atoms with Gasteiger partial charge in [0.1, 0.15) is 17.1 Å². The quantitative estimate of drug-likeness (QED) is 0.359. The Balaban J connectivity index is 1.48. The van der Waals surface area contributed by atoms with Crippen molar-refractivity contribution in [3.8, 4) is 0 Å². The van der Waals surface area contributed by atoms with E-state index in [9.17, 15) is 9.59 Å². The molecule has 1 fully saturated rings. The minimum Gasteiger partial charge on any atom is -0.387 e. The van der Waals surface area contributed by atoms with Crippen LogP contribution in [0.25, 0.3) is 0 Å². The van der Waals surface area contributed by atoms with Gasteiger partial charge in [-0.2, -0.15) is 4.99 Å². The van der Waals surface area contributed by atoms with Crippen molar-refractivity contribution in [2.24, 2.45) is 22.6 Å². The minimum atomic E-state index is -1.12. The highest BCUT2D eigenvalue weighted by Crippen LogP contribution is 2.24. The van der Waals surface area contributed by atoms with Crippen LogP contribution in [0.2, 0.25) is 0 Å². The molecule has 1 aliphatic rings. The van der Waals surface area contributed by atoms with Crippen molar-refractivity contribution >= 4 is 23.4 Å². The van der Waals surface area contributed by atoms with Crippen molar-refractivity contribution in [1.29, 1.82) is 5.41 Å². The van der Waals surface area contributed by atoms with E-state index >= 15 is 0 Å². The van der Waals surface area contributed by atoms with Gasteiger partial charge in [-0.1, -0.05) is 67.6 Å². The zero-order valence-electron chi connectivity index (χ0n) is 20.7. The largest absolute Gasteiger partial charge is 0.387 e. The third-order valence-corrected chi connectivity index (χ3v) is 6.22. The fourth-order valence-corrected chi connectivity index (χ4v) is 4.05. The van der Waals surface area contributed by atoms with Crippen LogP contribution < -0.4 is 11.1 Å². The van der Waals surface area contributed by atoms with Crippen LogP contribution >= 0.6 is 0 Å². The van der Waals surface area contributed by atoms with Gasteiger partial charge in [0, 0.05) is 25.6 Å². The Bertz CT molecular complexity index is 1050. The summed E-state index contributed by atoms with van der Waals surface area (Å²) < 4.78 is 5.75. The monoisotopic (exact) mass is 477 g/mol. The smallest absolute Gasteiger partial charge is 0.294 e. The summed E-state index contributed by atoms with van der Waals surface area (Å²) in [5.41, 5.74) is 6.90. The van der Waals surface area contributed by atoms with E-state index in [1.165, 1.54) is 5.56 Å². The normalized spacial score (nSPS) is 18.9. The number of hydrogen-bond donors (Lipinski definition) is 3. The van der Waals surface area contributed by atoms with Crippen molar-refractivity contribution in [2.45, 2.75) is 39.5 Å². The van der Waals surface area contributed by atoms with Crippen LogP contribution in [-0.4, -0.2) is 53.5 Å². The maximum Gasteiger partial charge on any atom is 0.294 e. The van der Waals surface area contributed by atoms with Gasteiger partial charge in [0.05, 0.1) is 13.2 Å². The standard InChI is InChI=1S/C27H35N5O3/c1-19-15-32(16-20-10-6-4-7-11-20)17-22(19)24(29)31-25(33)23(28)14-30-26(34)27(2,3)35-18-21-12-8-5-9-13-21/h4-13,19,22,28H,14-18H2,1-3H3,(H,30,34)(H2,29,31,33). The summed E-state index contributed by atoms with van der Waals surface area (Å²) in [5, 5.41) is 10.7. The Kier molecular flexibility index (Phi) is 8.89. The minimum absolute atomic E-state index is 0.0598. The Morgan fingerprint density at radius 1 is 1.09 bits per heavy atom. The van der Waals surface area contributed by atoms with E-state index in [0.717, 1.165) is 18.7 Å². The predicted octanol–water partition coefficient (Wildman–Crippen LogP) is 2.77. The molecule has 0 aliphatic carbocycles. The Hall–Kier alpha value is -3.36. The molecule has 0 saturated carbocycles. The number of nitrogens with two attached hydrogens (primary N) is 1.